The summed E-state index contributed by atoms with van der Waals surface area (Å²) in [5, 5.41) is 3.17. The van der Waals surface area contributed by atoms with Gasteiger partial charge in [0.1, 0.15) is 5.82 Å². The first-order valence-corrected chi connectivity index (χ1v) is 5.60. The van der Waals surface area contributed by atoms with E-state index in [0.717, 1.165) is 17.9 Å². The minimum absolute atomic E-state index is 0.650. The number of alkyl halides is 1. The molecule has 0 amide bonds. The summed E-state index contributed by atoms with van der Waals surface area (Å²) in [6, 6.07) is 8.13. The maximum Gasteiger partial charge on any atom is 0.148 e. The Balaban J connectivity index is 2.05. The average molecular weight is 234 g/mol. The molecule has 0 saturated carbocycles. The molecule has 1 aromatic carbocycles. The van der Waals surface area contributed by atoms with Crippen molar-refractivity contribution in [3.05, 3.63) is 48.4 Å². The molecule has 16 heavy (non-hydrogen) atoms. The summed E-state index contributed by atoms with van der Waals surface area (Å²) in [4.78, 5) is 8.12. The Morgan fingerprint density at radius 1 is 1.12 bits per heavy atom. The molecule has 0 aliphatic heterocycles. The molecular weight excluding hydrogens is 222 g/mol. The minimum Gasteiger partial charge on any atom is -0.339 e. The highest BCUT2D eigenvalue weighted by Gasteiger charge is 1.96. The summed E-state index contributed by atoms with van der Waals surface area (Å²) in [7, 11) is 0. The van der Waals surface area contributed by atoms with Gasteiger partial charge in [-0.2, -0.15) is 0 Å². The molecule has 0 bridgehead atoms. The van der Waals surface area contributed by atoms with Crippen molar-refractivity contribution in [3.8, 4) is 0 Å². The number of benzene rings is 1. The molecule has 0 unspecified atom stereocenters. The van der Waals surface area contributed by atoms with E-state index in [9.17, 15) is 0 Å². The van der Waals surface area contributed by atoms with E-state index in [1.807, 2.05) is 12.1 Å². The van der Waals surface area contributed by atoms with E-state index in [1.54, 1.807) is 18.6 Å². The molecule has 0 aliphatic rings. The van der Waals surface area contributed by atoms with Crippen LogP contribution in [0.1, 0.15) is 5.56 Å². The Labute approximate surface area is 99.5 Å². The highest BCUT2D eigenvalue weighted by molar-refractivity contribution is 6.17. The smallest absolute Gasteiger partial charge is 0.148 e. The molecule has 0 fully saturated rings. The summed E-state index contributed by atoms with van der Waals surface area (Å²) in [6.45, 7) is 0. The van der Waals surface area contributed by atoms with E-state index in [-0.39, 0.29) is 0 Å². The van der Waals surface area contributed by atoms with Gasteiger partial charge in [0, 0.05) is 24.0 Å². The molecule has 4 heteroatoms. The molecule has 0 atom stereocenters. The maximum atomic E-state index is 5.67. The Morgan fingerprint density at radius 2 is 1.94 bits per heavy atom. The second-order valence-electron chi connectivity index (χ2n) is 3.35. The van der Waals surface area contributed by atoms with Crippen molar-refractivity contribution in [2.75, 3.05) is 11.2 Å². The van der Waals surface area contributed by atoms with Crippen LogP contribution < -0.4 is 5.32 Å². The van der Waals surface area contributed by atoms with Crippen LogP contribution in [0.4, 0.5) is 11.5 Å². The van der Waals surface area contributed by atoms with E-state index in [0.29, 0.717) is 5.88 Å². The minimum atomic E-state index is 0.650. The van der Waals surface area contributed by atoms with Crippen LogP contribution in [0.25, 0.3) is 0 Å². The highest BCUT2D eigenvalue weighted by Crippen LogP contribution is 2.14. The highest BCUT2D eigenvalue weighted by atomic mass is 35.5. The molecule has 2 rings (SSSR count). The lowest BCUT2D eigenvalue weighted by Gasteiger charge is -2.05. The van der Waals surface area contributed by atoms with Gasteiger partial charge in [0.25, 0.3) is 0 Å². The molecule has 82 valence electrons. The predicted molar refractivity (Wildman–Crippen MR) is 66.2 cm³/mol. The van der Waals surface area contributed by atoms with E-state index in [2.05, 4.69) is 27.4 Å². The topological polar surface area (TPSA) is 37.8 Å². The number of aromatic nitrogens is 2. The Morgan fingerprint density at radius 3 is 2.56 bits per heavy atom. The van der Waals surface area contributed by atoms with Gasteiger partial charge in [-0.15, -0.1) is 11.6 Å². The molecule has 2 aromatic rings. The van der Waals surface area contributed by atoms with Gasteiger partial charge in [0.15, 0.2) is 0 Å². The normalized spacial score (nSPS) is 10.1. The number of anilines is 2. The molecule has 3 nitrogen and oxygen atoms in total. The lowest BCUT2D eigenvalue weighted by Crippen LogP contribution is -1.94. The van der Waals surface area contributed by atoms with E-state index in [4.69, 9.17) is 11.6 Å². The van der Waals surface area contributed by atoms with Gasteiger partial charge in [-0.1, -0.05) is 12.1 Å². The lowest BCUT2D eigenvalue weighted by atomic mass is 10.1. The zero-order valence-electron chi connectivity index (χ0n) is 8.73. The van der Waals surface area contributed by atoms with Crippen molar-refractivity contribution < 1.29 is 0 Å². The van der Waals surface area contributed by atoms with E-state index >= 15 is 0 Å². The van der Waals surface area contributed by atoms with Gasteiger partial charge in [0.2, 0.25) is 0 Å². The first-order chi connectivity index (χ1) is 7.88. The molecule has 0 aliphatic carbocycles. The summed E-state index contributed by atoms with van der Waals surface area (Å²) >= 11 is 5.67. The van der Waals surface area contributed by atoms with Crippen molar-refractivity contribution >= 4 is 23.1 Å². The molecule has 1 heterocycles. The van der Waals surface area contributed by atoms with Crippen LogP contribution in [-0.2, 0) is 6.42 Å². The first kappa shape index (κ1) is 10.9. The van der Waals surface area contributed by atoms with Crippen molar-refractivity contribution in [2.24, 2.45) is 0 Å². The van der Waals surface area contributed by atoms with Crippen molar-refractivity contribution in [2.45, 2.75) is 6.42 Å². The second kappa shape index (κ2) is 5.47. The summed E-state index contributed by atoms with van der Waals surface area (Å²) in [5.41, 5.74) is 2.23. The van der Waals surface area contributed by atoms with E-state index < -0.39 is 0 Å². The fourth-order valence-electron chi connectivity index (χ4n) is 1.38. The largest absolute Gasteiger partial charge is 0.339 e. The van der Waals surface area contributed by atoms with Crippen LogP contribution >= 0.6 is 11.6 Å². The zero-order valence-corrected chi connectivity index (χ0v) is 9.48. The maximum absolute atomic E-state index is 5.67. The quantitative estimate of drug-likeness (QED) is 0.825. The van der Waals surface area contributed by atoms with Crippen LogP contribution in [0.15, 0.2) is 42.9 Å². The first-order valence-electron chi connectivity index (χ1n) is 5.06. The molecular formula is C12H12ClN3. The van der Waals surface area contributed by atoms with Crippen molar-refractivity contribution in [1.29, 1.82) is 0 Å². The molecule has 1 N–H and O–H groups in total. The summed E-state index contributed by atoms with van der Waals surface area (Å²) in [6.07, 6.45) is 5.89. The fraction of sp³-hybridized carbons (Fsp3) is 0.167. The van der Waals surface area contributed by atoms with Gasteiger partial charge in [0.05, 0.1) is 6.20 Å². The zero-order chi connectivity index (χ0) is 11.2. The van der Waals surface area contributed by atoms with Crippen LogP contribution in [0.5, 0.6) is 0 Å². The van der Waals surface area contributed by atoms with Crippen molar-refractivity contribution in [1.82, 2.24) is 9.97 Å². The predicted octanol–water partition coefficient (Wildman–Crippen LogP) is 3.00. The molecule has 1 aromatic heterocycles. The number of halogens is 1. The Bertz CT molecular complexity index is 428. The van der Waals surface area contributed by atoms with Gasteiger partial charge in [-0.3, -0.25) is 4.98 Å². The molecule has 0 spiro atoms. The Kier molecular flexibility index (Phi) is 3.72. The van der Waals surface area contributed by atoms with Gasteiger partial charge in [-0.25, -0.2) is 4.98 Å². The molecule has 0 saturated heterocycles. The van der Waals surface area contributed by atoms with Crippen LogP contribution in [0.2, 0.25) is 0 Å². The average Bonchev–Trinajstić information content (AvgIpc) is 2.33. The Hall–Kier alpha value is -1.61. The standard InChI is InChI=1S/C12H12ClN3/c13-6-5-10-1-3-11(4-2-10)16-12-9-14-7-8-15-12/h1-4,7-9H,5-6H2,(H,15,16). The second-order valence-corrected chi connectivity index (χ2v) is 3.73. The number of rotatable bonds is 4. The summed E-state index contributed by atoms with van der Waals surface area (Å²) in [5.74, 6) is 1.39. The SMILES string of the molecule is ClCCc1ccc(Nc2cnccn2)cc1. The van der Waals surface area contributed by atoms with Crippen molar-refractivity contribution in [3.63, 3.8) is 0 Å². The number of nitrogens with one attached hydrogen (secondary N) is 1. The summed E-state index contributed by atoms with van der Waals surface area (Å²) < 4.78 is 0. The van der Waals surface area contributed by atoms with Gasteiger partial charge >= 0.3 is 0 Å². The van der Waals surface area contributed by atoms with Crippen LogP contribution in [-0.4, -0.2) is 15.8 Å². The van der Waals surface area contributed by atoms with Crippen LogP contribution in [0, 0.1) is 0 Å². The number of hydrogen-bond donors (Lipinski definition) is 1. The van der Waals surface area contributed by atoms with Crippen LogP contribution in [0.3, 0.4) is 0 Å². The molecule has 0 radical (unpaired) electrons. The lowest BCUT2D eigenvalue weighted by molar-refractivity contribution is 1.15. The third-order valence-electron chi connectivity index (χ3n) is 2.17. The van der Waals surface area contributed by atoms with Gasteiger partial charge in [-0.05, 0) is 24.1 Å². The third-order valence-corrected chi connectivity index (χ3v) is 2.36. The van der Waals surface area contributed by atoms with Gasteiger partial charge < -0.3 is 5.32 Å². The third kappa shape index (κ3) is 2.94. The number of nitrogens with zero attached hydrogens (tertiary/aromatic N) is 2. The van der Waals surface area contributed by atoms with E-state index in [1.165, 1.54) is 5.56 Å². The number of aryl methyl sites for hydroxylation is 1. The number of hydrogen-bond acceptors (Lipinski definition) is 3. The fourth-order valence-corrected chi connectivity index (χ4v) is 1.59. The monoisotopic (exact) mass is 233 g/mol.